The first-order chi connectivity index (χ1) is 6.85. The van der Waals surface area contributed by atoms with E-state index in [1.54, 1.807) is 6.92 Å². The number of hydrogen-bond acceptors (Lipinski definition) is 3. The van der Waals surface area contributed by atoms with E-state index >= 15 is 0 Å². The van der Waals surface area contributed by atoms with Gasteiger partial charge >= 0.3 is 0 Å². The minimum atomic E-state index is -3.53. The molecule has 1 aromatic carbocycles. The van der Waals surface area contributed by atoms with Crippen molar-refractivity contribution in [2.24, 2.45) is 5.73 Å². The largest absolute Gasteiger partial charge is 0.327 e. The van der Waals surface area contributed by atoms with Crippen LogP contribution in [0.25, 0.3) is 0 Å². The van der Waals surface area contributed by atoms with Gasteiger partial charge in [-0.25, -0.2) is 12.8 Å². The summed E-state index contributed by atoms with van der Waals surface area (Å²) in [6.45, 7) is 3.13. The summed E-state index contributed by atoms with van der Waals surface area (Å²) in [5.41, 5.74) is 5.52. The Balaban J connectivity index is 3.17. The van der Waals surface area contributed by atoms with Crippen molar-refractivity contribution < 1.29 is 12.8 Å². The Morgan fingerprint density at radius 2 is 1.93 bits per heavy atom. The van der Waals surface area contributed by atoms with E-state index in [0.29, 0.717) is 0 Å². The second-order valence-corrected chi connectivity index (χ2v) is 5.87. The molecule has 0 aliphatic carbocycles. The van der Waals surface area contributed by atoms with Crippen LogP contribution < -0.4 is 5.73 Å². The van der Waals surface area contributed by atoms with Crippen LogP contribution in [0.1, 0.15) is 13.8 Å². The summed E-state index contributed by atoms with van der Waals surface area (Å²) < 4.78 is 36.6. The highest BCUT2D eigenvalue weighted by Gasteiger charge is 2.26. The molecule has 0 heterocycles. The highest BCUT2D eigenvalue weighted by atomic mass is 32.2. The molecule has 2 atom stereocenters. The van der Waals surface area contributed by atoms with E-state index in [1.165, 1.54) is 25.1 Å². The normalized spacial score (nSPS) is 16.0. The van der Waals surface area contributed by atoms with Crippen molar-refractivity contribution in [2.45, 2.75) is 30.0 Å². The van der Waals surface area contributed by atoms with Gasteiger partial charge in [-0.2, -0.15) is 0 Å². The molecule has 0 saturated carbocycles. The first kappa shape index (κ1) is 12.1. The molecule has 15 heavy (non-hydrogen) atoms. The van der Waals surface area contributed by atoms with Crippen LogP contribution >= 0.6 is 0 Å². The fourth-order valence-electron chi connectivity index (χ4n) is 1.14. The molecule has 0 amide bonds. The fourth-order valence-corrected chi connectivity index (χ4v) is 2.68. The van der Waals surface area contributed by atoms with E-state index in [0.717, 1.165) is 6.07 Å². The van der Waals surface area contributed by atoms with Gasteiger partial charge in [0.2, 0.25) is 0 Å². The van der Waals surface area contributed by atoms with E-state index in [-0.39, 0.29) is 4.90 Å². The summed E-state index contributed by atoms with van der Waals surface area (Å²) >= 11 is 0. The number of sulfone groups is 1. The average molecular weight is 231 g/mol. The van der Waals surface area contributed by atoms with E-state index in [1.807, 2.05) is 0 Å². The van der Waals surface area contributed by atoms with Crippen molar-refractivity contribution in [2.75, 3.05) is 0 Å². The zero-order valence-corrected chi connectivity index (χ0v) is 9.46. The molecule has 0 saturated heterocycles. The van der Waals surface area contributed by atoms with Crippen LogP contribution in [0.5, 0.6) is 0 Å². The van der Waals surface area contributed by atoms with Gasteiger partial charge in [-0.05, 0) is 32.0 Å². The molecular weight excluding hydrogens is 217 g/mol. The standard InChI is InChI=1S/C10H14FNO2S/c1-7(12)8(2)15(13,14)10-5-3-4-9(11)6-10/h3-8H,12H2,1-2H3. The molecule has 3 nitrogen and oxygen atoms in total. The van der Waals surface area contributed by atoms with Gasteiger partial charge in [0.1, 0.15) is 5.82 Å². The van der Waals surface area contributed by atoms with E-state index in [4.69, 9.17) is 5.73 Å². The van der Waals surface area contributed by atoms with E-state index < -0.39 is 26.9 Å². The molecule has 0 radical (unpaired) electrons. The minimum absolute atomic E-state index is 0.0210. The first-order valence-electron chi connectivity index (χ1n) is 4.60. The Kier molecular flexibility index (Phi) is 3.46. The van der Waals surface area contributed by atoms with Crippen LogP contribution in [0.4, 0.5) is 4.39 Å². The predicted molar refractivity (Wildman–Crippen MR) is 56.7 cm³/mol. The second kappa shape index (κ2) is 4.28. The molecule has 0 fully saturated rings. The van der Waals surface area contributed by atoms with Gasteiger partial charge in [-0.3, -0.25) is 0 Å². The lowest BCUT2D eigenvalue weighted by Gasteiger charge is -2.16. The Morgan fingerprint density at radius 1 is 1.33 bits per heavy atom. The lowest BCUT2D eigenvalue weighted by molar-refractivity contribution is 0.565. The summed E-state index contributed by atoms with van der Waals surface area (Å²) in [6.07, 6.45) is 0. The third kappa shape index (κ3) is 2.54. The van der Waals surface area contributed by atoms with Crippen molar-refractivity contribution in [1.82, 2.24) is 0 Å². The molecule has 1 rings (SSSR count). The Hall–Kier alpha value is -0.940. The Labute approximate surface area is 89.0 Å². The van der Waals surface area contributed by atoms with Crippen LogP contribution in [-0.2, 0) is 9.84 Å². The Bertz CT molecular complexity index is 442. The maximum atomic E-state index is 12.9. The predicted octanol–water partition coefficient (Wildman–Crippen LogP) is 1.34. The van der Waals surface area contributed by atoms with Gasteiger partial charge in [-0.15, -0.1) is 0 Å². The van der Waals surface area contributed by atoms with Gasteiger partial charge in [0.05, 0.1) is 10.1 Å². The molecular formula is C10H14FNO2S. The highest BCUT2D eigenvalue weighted by molar-refractivity contribution is 7.92. The summed E-state index contributed by atoms with van der Waals surface area (Å²) in [4.78, 5) is -0.0210. The van der Waals surface area contributed by atoms with Crippen LogP contribution in [0, 0.1) is 5.82 Å². The Morgan fingerprint density at radius 3 is 2.40 bits per heavy atom. The maximum Gasteiger partial charge on any atom is 0.182 e. The maximum absolute atomic E-state index is 12.9. The molecule has 2 unspecified atom stereocenters. The van der Waals surface area contributed by atoms with E-state index in [2.05, 4.69) is 0 Å². The zero-order valence-electron chi connectivity index (χ0n) is 8.64. The number of hydrogen-bond donors (Lipinski definition) is 1. The third-order valence-corrected chi connectivity index (χ3v) is 4.67. The summed E-state index contributed by atoms with van der Waals surface area (Å²) in [5.74, 6) is -0.562. The van der Waals surface area contributed by atoms with Gasteiger partial charge < -0.3 is 5.73 Å². The molecule has 0 aromatic heterocycles. The number of halogens is 1. The molecule has 0 spiro atoms. The molecule has 0 bridgehead atoms. The van der Waals surface area contributed by atoms with Crippen molar-refractivity contribution in [3.05, 3.63) is 30.1 Å². The average Bonchev–Trinajstić information content (AvgIpc) is 2.16. The second-order valence-electron chi connectivity index (χ2n) is 3.57. The lowest BCUT2D eigenvalue weighted by atomic mass is 10.3. The molecule has 5 heteroatoms. The highest BCUT2D eigenvalue weighted by Crippen LogP contribution is 2.18. The van der Waals surface area contributed by atoms with Crippen molar-refractivity contribution >= 4 is 9.84 Å². The monoisotopic (exact) mass is 231 g/mol. The van der Waals surface area contributed by atoms with Crippen LogP contribution in [0.15, 0.2) is 29.2 Å². The SMILES string of the molecule is CC(N)C(C)S(=O)(=O)c1cccc(F)c1. The van der Waals surface area contributed by atoms with Gasteiger partial charge in [0.15, 0.2) is 9.84 Å². The molecule has 0 aliphatic heterocycles. The van der Waals surface area contributed by atoms with Gasteiger partial charge in [0.25, 0.3) is 0 Å². The van der Waals surface area contributed by atoms with Gasteiger partial charge in [-0.1, -0.05) is 6.07 Å². The molecule has 84 valence electrons. The number of rotatable bonds is 3. The van der Waals surface area contributed by atoms with Crippen molar-refractivity contribution in [1.29, 1.82) is 0 Å². The summed E-state index contributed by atoms with van der Waals surface area (Å²) in [6, 6.07) is 4.47. The summed E-state index contributed by atoms with van der Waals surface area (Å²) in [7, 11) is -3.53. The topological polar surface area (TPSA) is 60.2 Å². The van der Waals surface area contributed by atoms with Crippen LogP contribution in [0.2, 0.25) is 0 Å². The van der Waals surface area contributed by atoms with E-state index in [9.17, 15) is 12.8 Å². The molecule has 1 aromatic rings. The van der Waals surface area contributed by atoms with Crippen molar-refractivity contribution in [3.8, 4) is 0 Å². The molecule has 0 aliphatic rings. The zero-order chi connectivity index (χ0) is 11.6. The first-order valence-corrected chi connectivity index (χ1v) is 6.15. The third-order valence-electron chi connectivity index (χ3n) is 2.35. The number of benzene rings is 1. The lowest BCUT2D eigenvalue weighted by Crippen LogP contribution is -2.35. The van der Waals surface area contributed by atoms with Crippen molar-refractivity contribution in [3.63, 3.8) is 0 Å². The minimum Gasteiger partial charge on any atom is -0.327 e. The van der Waals surface area contributed by atoms with Crippen LogP contribution in [-0.4, -0.2) is 19.7 Å². The number of nitrogens with two attached hydrogens (primary N) is 1. The smallest absolute Gasteiger partial charge is 0.182 e. The quantitative estimate of drug-likeness (QED) is 0.853. The van der Waals surface area contributed by atoms with Gasteiger partial charge in [0, 0.05) is 6.04 Å². The van der Waals surface area contributed by atoms with Crippen LogP contribution in [0.3, 0.4) is 0 Å². The summed E-state index contributed by atoms with van der Waals surface area (Å²) in [5, 5.41) is -0.723. The fraction of sp³-hybridized carbons (Fsp3) is 0.400. The molecule has 2 N–H and O–H groups in total.